The summed E-state index contributed by atoms with van der Waals surface area (Å²) in [5.41, 5.74) is 10.7. The summed E-state index contributed by atoms with van der Waals surface area (Å²) in [5, 5.41) is 4.73. The van der Waals surface area contributed by atoms with Crippen LogP contribution >= 0.6 is 0 Å². The van der Waals surface area contributed by atoms with Crippen LogP contribution < -0.4 is 20.5 Å². The van der Waals surface area contributed by atoms with Gasteiger partial charge in [0, 0.05) is 17.1 Å². The van der Waals surface area contributed by atoms with E-state index in [0.29, 0.717) is 0 Å². The number of benzene rings is 6. The van der Waals surface area contributed by atoms with Gasteiger partial charge >= 0.3 is 0 Å². The summed E-state index contributed by atoms with van der Waals surface area (Å²) in [7, 11) is -3.17. The molecule has 0 bridgehead atoms. The van der Waals surface area contributed by atoms with Gasteiger partial charge in [0.1, 0.15) is 0 Å². The molecule has 6 aromatic rings. The van der Waals surface area contributed by atoms with Gasteiger partial charge in [0.2, 0.25) is 0 Å². The van der Waals surface area contributed by atoms with Crippen LogP contribution in [0.3, 0.4) is 0 Å². The first-order valence-electron chi connectivity index (χ1n) is 23.6. The summed E-state index contributed by atoms with van der Waals surface area (Å²) in [4.78, 5) is 2.36. The summed E-state index contributed by atoms with van der Waals surface area (Å²) in [5.74, 6) is 0. The zero-order chi connectivity index (χ0) is 44.0. The van der Waals surface area contributed by atoms with Crippen LogP contribution in [0.4, 0.5) is 17.1 Å². The van der Waals surface area contributed by atoms with Crippen molar-refractivity contribution >= 4 is 94.0 Å². The van der Waals surface area contributed by atoms with Crippen molar-refractivity contribution in [1.29, 1.82) is 0 Å². The topological polar surface area (TPSA) is 3.24 Å². The molecule has 0 amide bonds. The number of hydrogen-bond donors (Lipinski definition) is 0. The lowest BCUT2D eigenvalue weighted by Gasteiger charge is -2.28. The highest BCUT2D eigenvalue weighted by atomic mass is 28.3. The van der Waals surface area contributed by atoms with Crippen molar-refractivity contribution in [3.63, 3.8) is 0 Å². The van der Waals surface area contributed by atoms with Crippen LogP contribution in [-0.4, -0.2) is 24.9 Å². The van der Waals surface area contributed by atoms with Crippen molar-refractivity contribution in [3.8, 4) is 0 Å². The maximum absolute atomic E-state index is 2.40. The second-order valence-electron chi connectivity index (χ2n) is 17.0. The van der Waals surface area contributed by atoms with Crippen LogP contribution in [-0.2, 0) is 0 Å². The quantitative estimate of drug-likeness (QED) is 0.0546. The van der Waals surface area contributed by atoms with Crippen LogP contribution in [0.1, 0.15) is 88.8 Å². The van der Waals surface area contributed by atoms with Gasteiger partial charge in [-0.05, 0) is 69.8 Å². The molecule has 0 atom stereocenters. The molecule has 0 fully saturated rings. The molecule has 0 aromatic heterocycles. The molecular weight excluding hydrogens is 795 g/mol. The summed E-state index contributed by atoms with van der Waals surface area (Å²) in [6.07, 6.45) is 13.4. The number of anilines is 3. The average molecular weight is 865 g/mol. The Morgan fingerprint density at radius 3 is 0.774 bits per heavy atom. The highest BCUT2D eigenvalue weighted by Crippen LogP contribution is 2.35. The lowest BCUT2D eigenvalue weighted by molar-refractivity contribution is 1.19. The van der Waals surface area contributed by atoms with Gasteiger partial charge in [0.05, 0.1) is 24.9 Å². The molecule has 4 heteroatoms. The van der Waals surface area contributed by atoms with E-state index < -0.39 is 24.9 Å². The largest absolute Gasteiger partial charge is 0.311 e. The monoisotopic (exact) mass is 864 g/mol. The van der Waals surface area contributed by atoms with Crippen LogP contribution in [0.15, 0.2) is 146 Å². The van der Waals surface area contributed by atoms with Gasteiger partial charge in [-0.2, -0.15) is 0 Å². The lowest BCUT2D eigenvalue weighted by atomic mass is 10.1. The van der Waals surface area contributed by atoms with Crippen molar-refractivity contribution in [1.82, 2.24) is 0 Å². The van der Waals surface area contributed by atoms with Crippen LogP contribution in [0.5, 0.6) is 0 Å². The minimum absolute atomic E-state index is 0.425. The smallest absolute Gasteiger partial charge is 0.0859 e. The Labute approximate surface area is 379 Å². The van der Waals surface area contributed by atoms with Gasteiger partial charge in [0.15, 0.2) is 0 Å². The maximum Gasteiger partial charge on any atom is 0.0859 e. The third-order valence-corrected chi connectivity index (χ3v) is 28.2. The summed E-state index contributed by atoms with van der Waals surface area (Å²) in [6, 6.07) is 65.4. The van der Waals surface area contributed by atoms with Crippen LogP contribution in [0.25, 0.3) is 36.5 Å². The molecule has 1 nitrogen and oxygen atoms in total. The minimum Gasteiger partial charge on any atom is -0.311 e. The maximum atomic E-state index is 2.40. The molecule has 319 valence electrons. The van der Waals surface area contributed by atoms with E-state index in [0.717, 1.165) is 17.1 Å². The Kier molecular flexibility index (Phi) is 16.8. The molecule has 0 N–H and O–H groups in total. The van der Waals surface area contributed by atoms with E-state index in [-0.39, 0.29) is 0 Å². The molecule has 0 aliphatic rings. The molecule has 0 spiro atoms. The Balaban J connectivity index is 1.23. The van der Waals surface area contributed by atoms with Crippen molar-refractivity contribution in [2.24, 2.45) is 0 Å². The first-order chi connectivity index (χ1) is 30.3. The van der Waals surface area contributed by atoms with Crippen LogP contribution in [0.2, 0.25) is 48.4 Å². The summed E-state index contributed by atoms with van der Waals surface area (Å²) in [6.45, 7) is 18.9. The van der Waals surface area contributed by atoms with Gasteiger partial charge < -0.3 is 4.90 Å². The predicted molar refractivity (Wildman–Crippen MR) is 287 cm³/mol. The first kappa shape index (κ1) is 46.5. The normalized spacial score (nSPS) is 12.3. The molecule has 0 saturated carbocycles. The lowest BCUT2D eigenvalue weighted by Crippen LogP contribution is -2.45. The molecule has 0 aliphatic heterocycles. The fraction of sp³-hybridized carbons (Fsp3) is 0.276. The molecule has 1 radical (unpaired) electrons. The Morgan fingerprint density at radius 1 is 0.323 bits per heavy atom. The van der Waals surface area contributed by atoms with E-state index in [1.54, 1.807) is 10.4 Å². The number of hydrogen-bond acceptors (Lipinski definition) is 1. The van der Waals surface area contributed by atoms with Gasteiger partial charge in [-0.1, -0.05) is 265 Å². The Hall–Kier alpha value is -5.01. The van der Waals surface area contributed by atoms with Gasteiger partial charge in [0.25, 0.3) is 0 Å². The molecule has 0 unspecified atom stereocenters. The SMILES string of the molecule is CC[Si](CC)c1ccc(/C=C/c2ccc(N(c3ccc(/C=C/c4ccc([Si](CC)(CC)CC)cc4)cc3)c3ccc(/C=C/c4ccc([Si](CC)(CC)CC)cc4)cc3)cc2)cc1. The molecule has 6 rings (SSSR count). The Morgan fingerprint density at radius 2 is 0.548 bits per heavy atom. The zero-order valence-corrected chi connectivity index (χ0v) is 41.9. The third-order valence-electron chi connectivity index (χ3n) is 14.1. The summed E-state index contributed by atoms with van der Waals surface area (Å²) >= 11 is 0. The first-order valence-corrected chi connectivity index (χ1v) is 30.7. The molecule has 0 heterocycles. The Bertz CT molecular complexity index is 2210. The van der Waals surface area contributed by atoms with Crippen LogP contribution in [0, 0.1) is 0 Å². The van der Waals surface area contributed by atoms with E-state index in [1.165, 1.54) is 86.9 Å². The molecule has 6 aromatic carbocycles. The standard InChI is InChI=1S/C58H70NSi3/c1-9-60(10-2)56-41-29-50(30-42-56)20-17-47-23-35-53(36-24-47)59(54-37-25-48(26-38-54)18-21-51-31-43-57(44-32-51)61(11-3,12-4)13-5)55-39-27-49(28-40-55)19-22-52-33-45-58(46-34-52)62(14-6,15-7)16-8/h17-46H,9-16H2,1-8H3/b20-17+,21-18+,22-19+. The van der Waals surface area contributed by atoms with E-state index in [2.05, 4.69) is 242 Å². The highest BCUT2D eigenvalue weighted by Gasteiger charge is 2.29. The van der Waals surface area contributed by atoms with Gasteiger partial charge in [-0.3, -0.25) is 0 Å². The predicted octanol–water partition coefficient (Wildman–Crippen LogP) is 15.8. The number of rotatable bonds is 20. The summed E-state index contributed by atoms with van der Waals surface area (Å²) < 4.78 is 0. The fourth-order valence-corrected chi connectivity index (χ4v) is 18.5. The second-order valence-corrected chi connectivity index (χ2v) is 30.7. The van der Waals surface area contributed by atoms with Crippen molar-refractivity contribution < 1.29 is 0 Å². The van der Waals surface area contributed by atoms with Crippen molar-refractivity contribution in [2.45, 2.75) is 104 Å². The van der Waals surface area contributed by atoms with Gasteiger partial charge in [-0.25, -0.2) is 0 Å². The van der Waals surface area contributed by atoms with E-state index >= 15 is 0 Å². The van der Waals surface area contributed by atoms with E-state index in [4.69, 9.17) is 0 Å². The van der Waals surface area contributed by atoms with E-state index in [9.17, 15) is 0 Å². The third kappa shape index (κ3) is 11.1. The molecule has 0 saturated heterocycles. The zero-order valence-electron chi connectivity index (χ0n) is 38.9. The van der Waals surface area contributed by atoms with Crippen molar-refractivity contribution in [3.05, 3.63) is 179 Å². The molecular formula is C58H70NSi3. The minimum atomic E-state index is -1.37. The molecule has 0 aliphatic carbocycles. The second kappa shape index (κ2) is 22.4. The van der Waals surface area contributed by atoms with Gasteiger partial charge in [-0.15, -0.1) is 0 Å². The molecule has 62 heavy (non-hydrogen) atoms. The number of nitrogens with zero attached hydrogens (tertiary/aromatic N) is 1. The van der Waals surface area contributed by atoms with Crippen molar-refractivity contribution in [2.75, 3.05) is 4.90 Å². The van der Waals surface area contributed by atoms with E-state index in [1.807, 2.05) is 0 Å². The average Bonchev–Trinajstić information content (AvgIpc) is 3.34. The fourth-order valence-electron chi connectivity index (χ4n) is 9.34. The highest BCUT2D eigenvalue weighted by molar-refractivity contribution is 6.92.